The predicted octanol–water partition coefficient (Wildman–Crippen LogP) is 4.86. The summed E-state index contributed by atoms with van der Waals surface area (Å²) in [5.41, 5.74) is 0.877. The second-order valence-corrected chi connectivity index (χ2v) is 5.18. The summed E-state index contributed by atoms with van der Waals surface area (Å²) in [5, 5.41) is 3.93. The molecule has 0 aliphatic carbocycles. The van der Waals surface area contributed by atoms with Crippen LogP contribution in [0.15, 0.2) is 18.2 Å². The first-order valence-electron chi connectivity index (χ1n) is 6.06. The van der Waals surface area contributed by atoms with E-state index in [4.69, 9.17) is 23.2 Å². The molecule has 0 amide bonds. The third kappa shape index (κ3) is 6.50. The maximum absolute atomic E-state index is 12.2. The summed E-state index contributed by atoms with van der Waals surface area (Å²) in [5.74, 6) is 0. The minimum Gasteiger partial charge on any atom is -0.314 e. The van der Waals surface area contributed by atoms with E-state index in [-0.39, 0.29) is 12.5 Å². The molecule has 0 aromatic heterocycles. The third-order valence-corrected chi connectivity index (χ3v) is 3.47. The van der Waals surface area contributed by atoms with Crippen LogP contribution >= 0.6 is 23.2 Å². The number of likely N-dealkylation sites (N-methyl/N-ethyl adjacent to an activating group) is 1. The van der Waals surface area contributed by atoms with Crippen LogP contribution in [-0.4, -0.2) is 18.8 Å². The normalized spacial score (nSPS) is 13.6. The van der Waals surface area contributed by atoms with E-state index in [1.807, 2.05) is 6.92 Å². The van der Waals surface area contributed by atoms with Crippen LogP contribution in [0, 0.1) is 0 Å². The molecule has 1 aromatic rings. The highest BCUT2D eigenvalue weighted by molar-refractivity contribution is 6.42. The maximum atomic E-state index is 12.2. The summed E-state index contributed by atoms with van der Waals surface area (Å²) in [7, 11) is 0. The van der Waals surface area contributed by atoms with Crippen LogP contribution in [0.5, 0.6) is 0 Å². The van der Waals surface area contributed by atoms with E-state index in [1.165, 1.54) is 0 Å². The standard InChI is InChI=1S/C13H16Cl2F3N/c1-2-19-10(5-6-13(16,17)18)7-9-3-4-11(14)12(15)8-9/h3-4,8,10,19H,2,5-7H2,1H3. The van der Waals surface area contributed by atoms with Gasteiger partial charge in [-0.2, -0.15) is 13.2 Å². The van der Waals surface area contributed by atoms with Gasteiger partial charge in [-0.1, -0.05) is 36.2 Å². The van der Waals surface area contributed by atoms with Gasteiger partial charge in [-0.15, -0.1) is 0 Å². The highest BCUT2D eigenvalue weighted by atomic mass is 35.5. The Balaban J connectivity index is 2.64. The zero-order chi connectivity index (χ0) is 14.5. The molecule has 0 saturated carbocycles. The molecule has 0 heterocycles. The monoisotopic (exact) mass is 313 g/mol. The fourth-order valence-electron chi connectivity index (χ4n) is 1.85. The van der Waals surface area contributed by atoms with Crippen LogP contribution in [-0.2, 0) is 6.42 Å². The second kappa shape index (κ2) is 7.36. The van der Waals surface area contributed by atoms with Crippen molar-refractivity contribution < 1.29 is 13.2 Å². The Hall–Kier alpha value is -0.450. The molecule has 0 spiro atoms. The zero-order valence-electron chi connectivity index (χ0n) is 10.5. The Morgan fingerprint density at radius 3 is 2.42 bits per heavy atom. The summed E-state index contributed by atoms with van der Waals surface area (Å²) in [6, 6.07) is 4.92. The molecule has 1 aromatic carbocycles. The number of hydrogen-bond donors (Lipinski definition) is 1. The lowest BCUT2D eigenvalue weighted by atomic mass is 10.0. The zero-order valence-corrected chi connectivity index (χ0v) is 12.0. The van der Waals surface area contributed by atoms with Gasteiger partial charge in [0.25, 0.3) is 0 Å². The third-order valence-electron chi connectivity index (χ3n) is 2.74. The van der Waals surface area contributed by atoms with Crippen LogP contribution in [0.2, 0.25) is 10.0 Å². The van der Waals surface area contributed by atoms with E-state index in [2.05, 4.69) is 5.32 Å². The van der Waals surface area contributed by atoms with Crippen molar-refractivity contribution in [1.82, 2.24) is 5.32 Å². The van der Waals surface area contributed by atoms with E-state index in [0.29, 0.717) is 23.0 Å². The molecular weight excluding hydrogens is 298 g/mol. The van der Waals surface area contributed by atoms with Crippen LogP contribution in [0.25, 0.3) is 0 Å². The maximum Gasteiger partial charge on any atom is 0.389 e. The first-order chi connectivity index (χ1) is 8.81. The van der Waals surface area contributed by atoms with E-state index in [1.54, 1.807) is 18.2 Å². The summed E-state index contributed by atoms with van der Waals surface area (Å²) < 4.78 is 36.7. The fourth-order valence-corrected chi connectivity index (χ4v) is 2.17. The van der Waals surface area contributed by atoms with Crippen molar-refractivity contribution >= 4 is 23.2 Å². The van der Waals surface area contributed by atoms with Crippen molar-refractivity contribution in [1.29, 1.82) is 0 Å². The number of halogens is 5. The molecule has 19 heavy (non-hydrogen) atoms. The highest BCUT2D eigenvalue weighted by Gasteiger charge is 2.28. The van der Waals surface area contributed by atoms with E-state index in [9.17, 15) is 13.2 Å². The molecule has 0 bridgehead atoms. The van der Waals surface area contributed by atoms with E-state index >= 15 is 0 Å². The van der Waals surface area contributed by atoms with Gasteiger partial charge in [0, 0.05) is 12.5 Å². The quantitative estimate of drug-likeness (QED) is 0.791. The molecular formula is C13H16Cl2F3N. The summed E-state index contributed by atoms with van der Waals surface area (Å²) in [4.78, 5) is 0. The Morgan fingerprint density at radius 2 is 1.89 bits per heavy atom. The summed E-state index contributed by atoms with van der Waals surface area (Å²) in [6.07, 6.45) is -4.35. The van der Waals surface area contributed by atoms with Crippen molar-refractivity contribution in [2.24, 2.45) is 0 Å². The lowest BCUT2D eigenvalue weighted by Gasteiger charge is -2.19. The number of rotatable bonds is 6. The predicted molar refractivity (Wildman–Crippen MR) is 72.9 cm³/mol. The van der Waals surface area contributed by atoms with Crippen molar-refractivity contribution in [3.63, 3.8) is 0 Å². The minimum atomic E-state index is -4.12. The summed E-state index contributed by atoms with van der Waals surface area (Å²) >= 11 is 11.7. The first-order valence-corrected chi connectivity index (χ1v) is 6.81. The molecule has 1 unspecified atom stereocenters. The molecule has 0 fully saturated rings. The Labute approximate surface area is 121 Å². The molecule has 1 rings (SSSR count). The van der Waals surface area contributed by atoms with Crippen LogP contribution in [0.1, 0.15) is 25.3 Å². The van der Waals surface area contributed by atoms with Crippen LogP contribution in [0.3, 0.4) is 0 Å². The molecule has 0 aliphatic heterocycles. The molecule has 6 heteroatoms. The average Bonchev–Trinajstić information content (AvgIpc) is 2.30. The van der Waals surface area contributed by atoms with Gasteiger partial charge in [0.2, 0.25) is 0 Å². The van der Waals surface area contributed by atoms with Crippen molar-refractivity contribution in [3.05, 3.63) is 33.8 Å². The average molecular weight is 314 g/mol. The van der Waals surface area contributed by atoms with Gasteiger partial charge in [-0.05, 0) is 37.1 Å². The van der Waals surface area contributed by atoms with Crippen molar-refractivity contribution in [2.45, 2.75) is 38.4 Å². The highest BCUT2D eigenvalue weighted by Crippen LogP contribution is 2.25. The van der Waals surface area contributed by atoms with Crippen molar-refractivity contribution in [3.8, 4) is 0 Å². The molecule has 1 N–H and O–H groups in total. The number of hydrogen-bond acceptors (Lipinski definition) is 1. The smallest absolute Gasteiger partial charge is 0.314 e. The van der Waals surface area contributed by atoms with Crippen molar-refractivity contribution in [2.75, 3.05) is 6.54 Å². The Kier molecular flexibility index (Phi) is 6.43. The van der Waals surface area contributed by atoms with Crippen LogP contribution < -0.4 is 5.32 Å². The molecule has 0 saturated heterocycles. The van der Waals surface area contributed by atoms with Crippen LogP contribution in [0.4, 0.5) is 13.2 Å². The first kappa shape index (κ1) is 16.6. The van der Waals surface area contributed by atoms with Gasteiger partial charge in [0.15, 0.2) is 0 Å². The Morgan fingerprint density at radius 1 is 1.21 bits per heavy atom. The van der Waals surface area contributed by atoms with Gasteiger partial charge in [-0.3, -0.25) is 0 Å². The lowest BCUT2D eigenvalue weighted by Crippen LogP contribution is -2.32. The lowest BCUT2D eigenvalue weighted by molar-refractivity contribution is -0.136. The number of nitrogens with one attached hydrogen (secondary N) is 1. The van der Waals surface area contributed by atoms with Gasteiger partial charge < -0.3 is 5.32 Å². The Bertz CT molecular complexity index is 407. The minimum absolute atomic E-state index is 0.0532. The topological polar surface area (TPSA) is 12.0 Å². The molecule has 0 radical (unpaired) electrons. The van der Waals surface area contributed by atoms with Gasteiger partial charge in [0.05, 0.1) is 10.0 Å². The summed E-state index contributed by atoms with van der Waals surface area (Å²) in [6.45, 7) is 2.50. The van der Waals surface area contributed by atoms with Gasteiger partial charge in [-0.25, -0.2) is 0 Å². The van der Waals surface area contributed by atoms with E-state index < -0.39 is 12.6 Å². The number of alkyl halides is 3. The van der Waals surface area contributed by atoms with Gasteiger partial charge >= 0.3 is 6.18 Å². The molecule has 108 valence electrons. The molecule has 1 nitrogen and oxygen atoms in total. The SMILES string of the molecule is CCNC(CCC(F)(F)F)Cc1ccc(Cl)c(Cl)c1. The molecule has 1 atom stereocenters. The molecule has 0 aliphatic rings. The number of benzene rings is 1. The fraction of sp³-hybridized carbons (Fsp3) is 0.538. The van der Waals surface area contributed by atoms with Gasteiger partial charge in [0.1, 0.15) is 0 Å². The second-order valence-electron chi connectivity index (χ2n) is 4.36. The van der Waals surface area contributed by atoms with E-state index in [0.717, 1.165) is 5.56 Å². The largest absolute Gasteiger partial charge is 0.389 e.